The number of rotatable bonds is 5. The van der Waals surface area contributed by atoms with Crippen molar-refractivity contribution in [1.29, 1.82) is 0 Å². The van der Waals surface area contributed by atoms with Crippen molar-refractivity contribution in [3.63, 3.8) is 0 Å². The van der Waals surface area contributed by atoms with Crippen LogP contribution in [0, 0.1) is 10.8 Å². The second kappa shape index (κ2) is 6.77. The van der Waals surface area contributed by atoms with Crippen LogP contribution in [0.2, 0.25) is 0 Å². The summed E-state index contributed by atoms with van der Waals surface area (Å²) in [5.41, 5.74) is -0.312. The number of carbonyl (C=O) groups is 2. The minimum absolute atomic E-state index is 0.0263. The van der Waals surface area contributed by atoms with E-state index in [0.29, 0.717) is 26.1 Å². The van der Waals surface area contributed by atoms with Crippen LogP contribution in [-0.2, 0) is 14.3 Å². The molecule has 2 amide bonds. The number of amides is 2. The van der Waals surface area contributed by atoms with Crippen molar-refractivity contribution in [3.8, 4) is 0 Å². The highest BCUT2D eigenvalue weighted by molar-refractivity contribution is 5.90. The van der Waals surface area contributed by atoms with E-state index in [4.69, 9.17) is 4.74 Å². The lowest BCUT2D eigenvalue weighted by Crippen LogP contribution is -2.53. The fourth-order valence-corrected chi connectivity index (χ4v) is 2.54. The molecule has 122 valence electrons. The molecule has 1 rings (SSSR count). The highest BCUT2D eigenvalue weighted by atomic mass is 16.5. The SMILES string of the molecule is COCCC(C)(C)CN1CCC(=O)NC(C(C)(C)C)C1=O. The minimum atomic E-state index is -0.453. The van der Waals surface area contributed by atoms with Crippen molar-refractivity contribution in [2.24, 2.45) is 10.8 Å². The smallest absolute Gasteiger partial charge is 0.245 e. The molecule has 1 fully saturated rings. The fraction of sp³-hybridized carbons (Fsp3) is 0.875. The van der Waals surface area contributed by atoms with Crippen LogP contribution in [0.5, 0.6) is 0 Å². The van der Waals surface area contributed by atoms with Gasteiger partial charge in [-0.2, -0.15) is 0 Å². The summed E-state index contributed by atoms with van der Waals surface area (Å²) in [6.45, 7) is 12.0. The molecule has 0 saturated carbocycles. The van der Waals surface area contributed by atoms with E-state index < -0.39 is 6.04 Å². The Hall–Kier alpha value is -1.10. The van der Waals surface area contributed by atoms with Gasteiger partial charge in [-0.15, -0.1) is 0 Å². The fourth-order valence-electron chi connectivity index (χ4n) is 2.54. The van der Waals surface area contributed by atoms with Crippen LogP contribution in [0.15, 0.2) is 0 Å². The summed E-state index contributed by atoms with van der Waals surface area (Å²) < 4.78 is 5.14. The predicted molar refractivity (Wildman–Crippen MR) is 82.9 cm³/mol. The number of nitrogens with one attached hydrogen (secondary N) is 1. The average molecular weight is 298 g/mol. The van der Waals surface area contributed by atoms with Crippen molar-refractivity contribution in [2.75, 3.05) is 26.8 Å². The molecule has 5 heteroatoms. The largest absolute Gasteiger partial charge is 0.385 e. The number of carbonyl (C=O) groups excluding carboxylic acids is 2. The van der Waals surface area contributed by atoms with Crippen LogP contribution in [0.3, 0.4) is 0 Å². The van der Waals surface area contributed by atoms with Crippen molar-refractivity contribution in [2.45, 2.75) is 53.5 Å². The van der Waals surface area contributed by atoms with Gasteiger partial charge in [-0.1, -0.05) is 34.6 Å². The molecule has 1 unspecified atom stereocenters. The van der Waals surface area contributed by atoms with Crippen LogP contribution >= 0.6 is 0 Å². The van der Waals surface area contributed by atoms with Gasteiger partial charge in [0.25, 0.3) is 0 Å². The van der Waals surface area contributed by atoms with Gasteiger partial charge in [0.15, 0.2) is 0 Å². The van der Waals surface area contributed by atoms with Gasteiger partial charge in [0, 0.05) is 33.2 Å². The molecule has 1 saturated heterocycles. The van der Waals surface area contributed by atoms with Crippen molar-refractivity contribution < 1.29 is 14.3 Å². The van der Waals surface area contributed by atoms with Crippen molar-refractivity contribution in [3.05, 3.63) is 0 Å². The third-order valence-electron chi connectivity index (χ3n) is 3.94. The normalized spacial score (nSPS) is 21.2. The zero-order valence-electron chi connectivity index (χ0n) is 14.3. The van der Waals surface area contributed by atoms with Gasteiger partial charge in [-0.3, -0.25) is 9.59 Å². The number of ether oxygens (including phenoxy) is 1. The molecule has 1 aliphatic rings. The van der Waals surface area contributed by atoms with E-state index in [1.54, 1.807) is 7.11 Å². The molecule has 0 aromatic rings. The van der Waals surface area contributed by atoms with E-state index in [1.165, 1.54) is 0 Å². The highest BCUT2D eigenvalue weighted by Gasteiger charge is 2.39. The lowest BCUT2D eigenvalue weighted by atomic mass is 9.84. The molecule has 21 heavy (non-hydrogen) atoms. The summed E-state index contributed by atoms with van der Waals surface area (Å²) in [7, 11) is 1.69. The Kier molecular flexibility index (Phi) is 5.79. The van der Waals surface area contributed by atoms with Crippen molar-refractivity contribution in [1.82, 2.24) is 10.2 Å². The van der Waals surface area contributed by atoms with Gasteiger partial charge in [0.1, 0.15) is 6.04 Å². The minimum Gasteiger partial charge on any atom is -0.385 e. The first kappa shape index (κ1) is 18.0. The van der Waals surface area contributed by atoms with Crippen LogP contribution < -0.4 is 5.32 Å². The van der Waals surface area contributed by atoms with Gasteiger partial charge in [0.05, 0.1) is 0 Å². The molecule has 0 spiro atoms. The molecule has 0 radical (unpaired) electrons. The van der Waals surface area contributed by atoms with Gasteiger partial charge < -0.3 is 15.0 Å². The molecule has 0 bridgehead atoms. The zero-order chi connectivity index (χ0) is 16.3. The average Bonchev–Trinajstić information content (AvgIpc) is 2.48. The maximum absolute atomic E-state index is 12.8. The number of hydrogen-bond acceptors (Lipinski definition) is 3. The van der Waals surface area contributed by atoms with Gasteiger partial charge >= 0.3 is 0 Å². The Labute approximate surface area is 128 Å². The van der Waals surface area contributed by atoms with Gasteiger partial charge in [0.2, 0.25) is 11.8 Å². The number of methoxy groups -OCH3 is 1. The molecule has 5 nitrogen and oxygen atoms in total. The van der Waals surface area contributed by atoms with E-state index in [0.717, 1.165) is 6.42 Å². The van der Waals surface area contributed by atoms with E-state index in [2.05, 4.69) is 19.2 Å². The first-order valence-corrected chi connectivity index (χ1v) is 7.64. The summed E-state index contributed by atoms with van der Waals surface area (Å²) >= 11 is 0. The topological polar surface area (TPSA) is 58.6 Å². The van der Waals surface area contributed by atoms with E-state index in [-0.39, 0.29) is 22.6 Å². The standard InChI is InChI=1S/C16H30N2O3/c1-15(2,3)13-14(20)18(9-7-12(19)17-13)11-16(4,5)8-10-21-6/h13H,7-11H2,1-6H3,(H,17,19). The number of hydrogen-bond donors (Lipinski definition) is 1. The van der Waals surface area contributed by atoms with Crippen LogP contribution in [-0.4, -0.2) is 49.6 Å². The summed E-state index contributed by atoms with van der Waals surface area (Å²) in [4.78, 5) is 26.5. The molecular formula is C16H30N2O3. The Morgan fingerprint density at radius 1 is 1.24 bits per heavy atom. The first-order chi connectivity index (χ1) is 9.57. The molecule has 1 atom stereocenters. The summed E-state index contributed by atoms with van der Waals surface area (Å²) in [6.07, 6.45) is 1.26. The van der Waals surface area contributed by atoms with Crippen molar-refractivity contribution >= 4 is 11.8 Å². The molecule has 0 aromatic heterocycles. The second-order valence-electron chi connectivity index (χ2n) is 7.78. The predicted octanol–water partition coefficient (Wildman–Crippen LogP) is 1.81. The van der Waals surface area contributed by atoms with Gasteiger partial charge in [-0.25, -0.2) is 0 Å². The Balaban J connectivity index is 2.85. The third kappa shape index (κ3) is 5.30. The Morgan fingerprint density at radius 2 is 1.86 bits per heavy atom. The molecule has 1 aliphatic heterocycles. The first-order valence-electron chi connectivity index (χ1n) is 7.64. The Bertz CT molecular complexity index is 385. The maximum Gasteiger partial charge on any atom is 0.245 e. The van der Waals surface area contributed by atoms with Crippen LogP contribution in [0.4, 0.5) is 0 Å². The second-order valence-corrected chi connectivity index (χ2v) is 7.78. The maximum atomic E-state index is 12.8. The number of nitrogens with zero attached hydrogens (tertiary/aromatic N) is 1. The molecule has 1 N–H and O–H groups in total. The summed E-state index contributed by atoms with van der Waals surface area (Å²) in [5, 5.41) is 2.87. The quantitative estimate of drug-likeness (QED) is 0.842. The van der Waals surface area contributed by atoms with Gasteiger partial charge in [-0.05, 0) is 17.3 Å². The summed E-state index contributed by atoms with van der Waals surface area (Å²) in [5.74, 6) is -0.0145. The third-order valence-corrected chi connectivity index (χ3v) is 3.94. The van der Waals surface area contributed by atoms with Crippen LogP contribution in [0.1, 0.15) is 47.5 Å². The lowest BCUT2D eigenvalue weighted by molar-refractivity contribution is -0.137. The Morgan fingerprint density at radius 3 is 2.38 bits per heavy atom. The van der Waals surface area contributed by atoms with Crippen LogP contribution in [0.25, 0.3) is 0 Å². The van der Waals surface area contributed by atoms with E-state index in [1.807, 2.05) is 25.7 Å². The molecule has 1 heterocycles. The highest BCUT2D eigenvalue weighted by Crippen LogP contribution is 2.27. The molecule has 0 aliphatic carbocycles. The molecule has 0 aromatic carbocycles. The van der Waals surface area contributed by atoms with E-state index >= 15 is 0 Å². The summed E-state index contributed by atoms with van der Waals surface area (Å²) in [6, 6.07) is -0.453. The zero-order valence-corrected chi connectivity index (χ0v) is 14.3. The molecular weight excluding hydrogens is 268 g/mol. The lowest BCUT2D eigenvalue weighted by Gasteiger charge is -2.36. The van der Waals surface area contributed by atoms with E-state index in [9.17, 15) is 9.59 Å². The monoisotopic (exact) mass is 298 g/mol.